The average Bonchev–Trinajstić information content (AvgIpc) is 3.30. The van der Waals surface area contributed by atoms with Crippen LogP contribution in [0.25, 0.3) is 66.9 Å². The first-order valence-corrected chi connectivity index (χ1v) is 14.2. The number of rotatable bonds is 4. The molecule has 0 N–H and O–H groups in total. The molecule has 0 atom stereocenters. The van der Waals surface area contributed by atoms with Gasteiger partial charge in [0.15, 0.2) is 5.82 Å². The van der Waals surface area contributed by atoms with E-state index in [1.807, 2.05) is 121 Å². The van der Waals surface area contributed by atoms with Crippen molar-refractivity contribution in [3.8, 4) is 56.2 Å². The number of hydrogen-bond donors (Lipinski definition) is 0. The molecule has 0 aliphatic heterocycles. The van der Waals surface area contributed by atoms with Crippen molar-refractivity contribution in [1.82, 2.24) is 9.97 Å². The lowest BCUT2D eigenvalue weighted by molar-refractivity contribution is 0.0480. The molecule has 0 radical (unpaired) electrons. The van der Waals surface area contributed by atoms with Crippen molar-refractivity contribution in [2.24, 2.45) is 0 Å². The molecule has 0 spiro atoms. The third-order valence-corrected chi connectivity index (χ3v) is 8.25. The zero-order valence-corrected chi connectivity index (χ0v) is 23.0. The van der Waals surface area contributed by atoms with Gasteiger partial charge in [0, 0.05) is 27.8 Å². The van der Waals surface area contributed by atoms with E-state index < -0.39 is 5.92 Å². The summed E-state index contributed by atoms with van der Waals surface area (Å²) in [6.07, 6.45) is 0. The van der Waals surface area contributed by atoms with Crippen LogP contribution in [-0.4, -0.2) is 9.97 Å². The van der Waals surface area contributed by atoms with Crippen molar-refractivity contribution in [3.05, 3.63) is 157 Å². The van der Waals surface area contributed by atoms with Crippen LogP contribution in [0.15, 0.2) is 146 Å². The molecule has 204 valence electrons. The Morgan fingerprint density at radius 1 is 0.395 bits per heavy atom. The van der Waals surface area contributed by atoms with Crippen LogP contribution in [0.1, 0.15) is 11.1 Å². The Kier molecular flexibility index (Phi) is 5.76. The molecule has 0 saturated carbocycles. The monoisotopic (exact) mass is 558 g/mol. The SMILES string of the molecule is FC1(F)c2ccccc2-c2ccc(-c3ccc(-c4nc(-c5ccccc5)cc(-c5ccccc5)n4)c4ccccc34)cc21. The van der Waals surface area contributed by atoms with Crippen LogP contribution >= 0.6 is 0 Å². The van der Waals surface area contributed by atoms with Crippen molar-refractivity contribution >= 4 is 10.8 Å². The molecule has 0 unspecified atom stereocenters. The summed E-state index contributed by atoms with van der Waals surface area (Å²) in [4.78, 5) is 10.1. The van der Waals surface area contributed by atoms with Gasteiger partial charge >= 0.3 is 0 Å². The van der Waals surface area contributed by atoms with Crippen LogP contribution < -0.4 is 0 Å². The van der Waals surface area contributed by atoms with Crippen molar-refractivity contribution in [2.75, 3.05) is 0 Å². The van der Waals surface area contributed by atoms with Gasteiger partial charge in [0.05, 0.1) is 11.4 Å². The van der Waals surface area contributed by atoms with Crippen molar-refractivity contribution in [1.29, 1.82) is 0 Å². The topological polar surface area (TPSA) is 25.8 Å². The lowest BCUT2D eigenvalue weighted by Crippen LogP contribution is -2.10. The zero-order valence-electron chi connectivity index (χ0n) is 23.0. The fraction of sp³-hybridized carbons (Fsp3) is 0.0256. The maximum atomic E-state index is 15.6. The normalized spacial score (nSPS) is 13.1. The van der Waals surface area contributed by atoms with Crippen LogP contribution in [0.5, 0.6) is 0 Å². The Hall–Kier alpha value is -5.48. The van der Waals surface area contributed by atoms with E-state index in [1.165, 1.54) is 6.07 Å². The molecule has 0 amide bonds. The van der Waals surface area contributed by atoms with Crippen LogP contribution in [0.2, 0.25) is 0 Å². The molecule has 0 fully saturated rings. The summed E-state index contributed by atoms with van der Waals surface area (Å²) in [5.41, 5.74) is 7.48. The highest BCUT2D eigenvalue weighted by Gasteiger charge is 2.44. The lowest BCUT2D eigenvalue weighted by atomic mass is 9.92. The van der Waals surface area contributed by atoms with Gasteiger partial charge in [-0.15, -0.1) is 0 Å². The molecule has 0 saturated heterocycles. The molecule has 1 aromatic heterocycles. The Morgan fingerprint density at radius 2 is 0.907 bits per heavy atom. The van der Waals surface area contributed by atoms with Crippen LogP contribution in [0, 0.1) is 0 Å². The number of aromatic nitrogens is 2. The van der Waals surface area contributed by atoms with E-state index >= 15 is 8.78 Å². The summed E-state index contributed by atoms with van der Waals surface area (Å²) >= 11 is 0. The van der Waals surface area contributed by atoms with Gasteiger partial charge in [0.2, 0.25) is 0 Å². The second kappa shape index (κ2) is 9.81. The van der Waals surface area contributed by atoms with Gasteiger partial charge in [-0.2, -0.15) is 8.78 Å². The summed E-state index contributed by atoms with van der Waals surface area (Å²) in [5, 5.41) is 1.91. The van der Waals surface area contributed by atoms with Crippen molar-refractivity contribution in [3.63, 3.8) is 0 Å². The third-order valence-electron chi connectivity index (χ3n) is 8.25. The third kappa shape index (κ3) is 4.14. The molecule has 8 rings (SSSR count). The number of alkyl halides is 2. The van der Waals surface area contributed by atoms with Crippen LogP contribution in [0.4, 0.5) is 8.78 Å². The zero-order chi connectivity index (χ0) is 29.0. The number of hydrogen-bond acceptors (Lipinski definition) is 2. The predicted molar refractivity (Wildman–Crippen MR) is 170 cm³/mol. The van der Waals surface area contributed by atoms with Gasteiger partial charge in [-0.05, 0) is 51.2 Å². The maximum absolute atomic E-state index is 15.6. The van der Waals surface area contributed by atoms with Gasteiger partial charge in [0.1, 0.15) is 0 Å². The molecule has 4 heteroatoms. The lowest BCUT2D eigenvalue weighted by Gasteiger charge is -2.16. The first kappa shape index (κ1) is 25.2. The summed E-state index contributed by atoms with van der Waals surface area (Å²) in [6, 6.07) is 46.4. The summed E-state index contributed by atoms with van der Waals surface area (Å²) in [6.45, 7) is 0. The summed E-state index contributed by atoms with van der Waals surface area (Å²) in [5.74, 6) is -2.43. The first-order valence-electron chi connectivity index (χ1n) is 14.2. The molecule has 1 aliphatic rings. The van der Waals surface area contributed by atoms with E-state index in [2.05, 4.69) is 0 Å². The predicted octanol–water partition coefficient (Wildman–Crippen LogP) is 10.4. The first-order chi connectivity index (χ1) is 21.1. The second-order valence-electron chi connectivity index (χ2n) is 10.8. The molecule has 7 aromatic rings. The number of nitrogens with zero attached hydrogens (tertiary/aromatic N) is 2. The van der Waals surface area contributed by atoms with E-state index in [0.717, 1.165) is 50.0 Å². The van der Waals surface area contributed by atoms with Crippen LogP contribution in [0.3, 0.4) is 0 Å². The van der Waals surface area contributed by atoms with Crippen molar-refractivity contribution in [2.45, 2.75) is 5.92 Å². The Bertz CT molecular complexity index is 2100. The summed E-state index contributed by atoms with van der Waals surface area (Å²) < 4.78 is 31.1. The quantitative estimate of drug-likeness (QED) is 0.215. The highest BCUT2D eigenvalue weighted by molar-refractivity contribution is 6.04. The van der Waals surface area contributed by atoms with Gasteiger partial charge < -0.3 is 0 Å². The van der Waals surface area contributed by atoms with E-state index in [9.17, 15) is 0 Å². The fourth-order valence-corrected chi connectivity index (χ4v) is 6.17. The Labute approximate surface area is 248 Å². The molecule has 6 aromatic carbocycles. The van der Waals surface area contributed by atoms with E-state index in [4.69, 9.17) is 9.97 Å². The highest BCUT2D eigenvalue weighted by atomic mass is 19.3. The highest BCUT2D eigenvalue weighted by Crippen LogP contribution is 2.52. The minimum atomic E-state index is -3.04. The van der Waals surface area contributed by atoms with Gasteiger partial charge in [-0.3, -0.25) is 0 Å². The van der Waals surface area contributed by atoms with E-state index in [1.54, 1.807) is 18.2 Å². The van der Waals surface area contributed by atoms with E-state index in [-0.39, 0.29) is 11.1 Å². The summed E-state index contributed by atoms with van der Waals surface area (Å²) in [7, 11) is 0. The minimum absolute atomic E-state index is 0.0470. The minimum Gasteiger partial charge on any atom is -0.228 e. The van der Waals surface area contributed by atoms with Gasteiger partial charge in [-0.1, -0.05) is 127 Å². The fourth-order valence-electron chi connectivity index (χ4n) is 6.17. The second-order valence-corrected chi connectivity index (χ2v) is 10.8. The number of benzene rings is 6. The van der Waals surface area contributed by atoms with Crippen LogP contribution in [-0.2, 0) is 5.92 Å². The largest absolute Gasteiger partial charge is 0.299 e. The number of fused-ring (bicyclic) bond motifs is 4. The molecule has 1 heterocycles. The molecule has 43 heavy (non-hydrogen) atoms. The smallest absolute Gasteiger partial charge is 0.228 e. The number of halogens is 2. The van der Waals surface area contributed by atoms with Gasteiger partial charge in [0.25, 0.3) is 5.92 Å². The van der Waals surface area contributed by atoms with Crippen molar-refractivity contribution < 1.29 is 8.78 Å². The molecular formula is C39H24F2N2. The molecular weight excluding hydrogens is 534 g/mol. The molecule has 1 aliphatic carbocycles. The van der Waals surface area contributed by atoms with E-state index in [0.29, 0.717) is 17.0 Å². The molecule has 2 nitrogen and oxygen atoms in total. The molecule has 0 bridgehead atoms. The Balaban J connectivity index is 1.30. The Morgan fingerprint density at radius 3 is 1.58 bits per heavy atom. The maximum Gasteiger partial charge on any atom is 0.299 e. The standard InChI is InChI=1S/C39H24F2N2/c40-39(41)34-18-10-9-17-31(34)32-20-19-27(23-35(32)39)28-21-22-33(30-16-8-7-15-29(28)30)38-42-36(25-11-3-1-4-12-25)24-37(43-38)26-13-5-2-6-14-26/h1-24H. The van der Waals surface area contributed by atoms with Gasteiger partial charge in [-0.25, -0.2) is 9.97 Å². The average molecular weight is 559 g/mol.